The summed E-state index contributed by atoms with van der Waals surface area (Å²) < 4.78 is 5.38. The molecule has 3 rings (SSSR count). The number of hydrogen-bond acceptors (Lipinski definition) is 2. The van der Waals surface area contributed by atoms with Crippen LogP contribution in [0.25, 0.3) is 0 Å². The van der Waals surface area contributed by atoms with Gasteiger partial charge in [-0.15, -0.1) is 0 Å². The van der Waals surface area contributed by atoms with Gasteiger partial charge in [-0.25, -0.2) is 0 Å². The van der Waals surface area contributed by atoms with E-state index in [-0.39, 0.29) is 5.41 Å². The SMILES string of the molecule is COc1ccc(C)c([C@]23CCCC[C@@H]2C(=N)C3)c1. The van der Waals surface area contributed by atoms with Gasteiger partial charge in [-0.05, 0) is 49.4 Å². The minimum atomic E-state index is 0.258. The highest BCUT2D eigenvalue weighted by Gasteiger charge is 2.53. The Balaban J connectivity index is 2.05. The first-order valence-corrected chi connectivity index (χ1v) is 6.90. The van der Waals surface area contributed by atoms with Crippen LogP contribution in [0.15, 0.2) is 18.2 Å². The Kier molecular flexibility index (Phi) is 2.69. The van der Waals surface area contributed by atoms with Gasteiger partial charge >= 0.3 is 0 Å². The van der Waals surface area contributed by atoms with Crippen molar-refractivity contribution in [2.24, 2.45) is 5.92 Å². The molecular weight excluding hydrogens is 222 g/mol. The molecule has 0 heterocycles. The number of benzene rings is 1. The summed E-state index contributed by atoms with van der Waals surface area (Å²) in [5.74, 6) is 1.45. The number of hydrogen-bond donors (Lipinski definition) is 1. The quantitative estimate of drug-likeness (QED) is 0.840. The molecule has 2 nitrogen and oxygen atoms in total. The molecule has 2 saturated carbocycles. The lowest BCUT2D eigenvalue weighted by molar-refractivity contribution is 0.193. The van der Waals surface area contributed by atoms with Crippen molar-refractivity contribution in [3.63, 3.8) is 0 Å². The molecule has 0 aromatic heterocycles. The van der Waals surface area contributed by atoms with Crippen LogP contribution in [0.4, 0.5) is 0 Å². The van der Waals surface area contributed by atoms with Crippen LogP contribution in [-0.2, 0) is 5.41 Å². The van der Waals surface area contributed by atoms with Crippen LogP contribution in [0.2, 0.25) is 0 Å². The van der Waals surface area contributed by atoms with Crippen LogP contribution >= 0.6 is 0 Å². The summed E-state index contributed by atoms with van der Waals surface area (Å²) in [7, 11) is 1.73. The highest BCUT2D eigenvalue weighted by Crippen LogP contribution is 2.55. The second-order valence-electron chi connectivity index (χ2n) is 5.84. The summed E-state index contributed by atoms with van der Waals surface area (Å²) in [4.78, 5) is 0. The summed E-state index contributed by atoms with van der Waals surface area (Å²) in [5.41, 5.74) is 4.02. The van der Waals surface area contributed by atoms with Crippen molar-refractivity contribution in [1.29, 1.82) is 5.41 Å². The molecule has 0 amide bonds. The lowest BCUT2D eigenvalue weighted by Crippen LogP contribution is -2.53. The molecule has 0 spiro atoms. The predicted octanol–water partition coefficient (Wildman–Crippen LogP) is 3.86. The van der Waals surface area contributed by atoms with E-state index in [9.17, 15) is 0 Å². The van der Waals surface area contributed by atoms with Crippen LogP contribution in [0.3, 0.4) is 0 Å². The first-order chi connectivity index (χ1) is 8.67. The highest BCUT2D eigenvalue weighted by molar-refractivity contribution is 5.94. The molecule has 0 aliphatic heterocycles. The molecule has 1 aromatic carbocycles. The molecule has 1 N–H and O–H groups in total. The smallest absolute Gasteiger partial charge is 0.119 e. The van der Waals surface area contributed by atoms with Crippen LogP contribution in [-0.4, -0.2) is 12.8 Å². The normalized spacial score (nSPS) is 30.6. The zero-order chi connectivity index (χ0) is 12.8. The Labute approximate surface area is 109 Å². The van der Waals surface area contributed by atoms with Gasteiger partial charge in [-0.1, -0.05) is 18.9 Å². The van der Waals surface area contributed by atoms with Gasteiger partial charge in [0.15, 0.2) is 0 Å². The highest BCUT2D eigenvalue weighted by atomic mass is 16.5. The van der Waals surface area contributed by atoms with Crippen LogP contribution in [0.5, 0.6) is 5.75 Å². The number of ether oxygens (including phenoxy) is 1. The fourth-order valence-electron chi connectivity index (χ4n) is 3.97. The van der Waals surface area contributed by atoms with E-state index in [1.54, 1.807) is 7.11 Å². The van der Waals surface area contributed by atoms with E-state index in [0.717, 1.165) is 17.9 Å². The molecule has 96 valence electrons. The fourth-order valence-corrected chi connectivity index (χ4v) is 3.97. The van der Waals surface area contributed by atoms with Crippen LogP contribution in [0, 0.1) is 18.3 Å². The molecular formula is C16H21NO. The van der Waals surface area contributed by atoms with Gasteiger partial charge < -0.3 is 10.1 Å². The molecule has 0 bridgehead atoms. The Morgan fingerprint density at radius 1 is 1.33 bits per heavy atom. The molecule has 18 heavy (non-hydrogen) atoms. The average Bonchev–Trinajstić information content (AvgIpc) is 2.38. The molecule has 2 atom stereocenters. The van der Waals surface area contributed by atoms with E-state index in [0.29, 0.717) is 5.92 Å². The monoisotopic (exact) mass is 243 g/mol. The summed E-state index contributed by atoms with van der Waals surface area (Å²) in [5, 5.41) is 8.07. The van der Waals surface area contributed by atoms with E-state index in [1.807, 2.05) is 6.07 Å². The van der Waals surface area contributed by atoms with Crippen molar-refractivity contribution in [2.75, 3.05) is 7.11 Å². The molecule has 0 unspecified atom stereocenters. The number of aryl methyl sites for hydroxylation is 1. The fraction of sp³-hybridized carbons (Fsp3) is 0.562. The minimum absolute atomic E-state index is 0.258. The first kappa shape index (κ1) is 11.8. The van der Waals surface area contributed by atoms with Gasteiger partial charge in [0.2, 0.25) is 0 Å². The second kappa shape index (κ2) is 4.11. The van der Waals surface area contributed by atoms with Crippen molar-refractivity contribution >= 4 is 5.71 Å². The van der Waals surface area contributed by atoms with E-state index in [1.165, 1.54) is 36.8 Å². The van der Waals surface area contributed by atoms with Crippen LogP contribution < -0.4 is 4.74 Å². The third-order valence-corrected chi connectivity index (χ3v) is 4.94. The Hall–Kier alpha value is -1.31. The lowest BCUT2D eigenvalue weighted by Gasteiger charge is -2.54. The van der Waals surface area contributed by atoms with Gasteiger partial charge in [0.05, 0.1) is 7.11 Å². The average molecular weight is 243 g/mol. The number of fused-ring (bicyclic) bond motifs is 1. The summed E-state index contributed by atoms with van der Waals surface area (Å²) >= 11 is 0. The van der Waals surface area contributed by atoms with Crippen molar-refractivity contribution in [3.8, 4) is 5.75 Å². The van der Waals surface area contributed by atoms with Gasteiger partial charge in [-0.3, -0.25) is 0 Å². The summed E-state index contributed by atoms with van der Waals surface area (Å²) in [6, 6.07) is 6.41. The maximum absolute atomic E-state index is 8.07. The molecule has 2 heteroatoms. The maximum Gasteiger partial charge on any atom is 0.119 e. The van der Waals surface area contributed by atoms with E-state index >= 15 is 0 Å². The van der Waals surface area contributed by atoms with E-state index in [2.05, 4.69) is 19.1 Å². The lowest BCUT2D eigenvalue weighted by atomic mass is 9.49. The summed E-state index contributed by atoms with van der Waals surface area (Å²) in [6.45, 7) is 2.19. The first-order valence-electron chi connectivity index (χ1n) is 6.90. The largest absolute Gasteiger partial charge is 0.497 e. The van der Waals surface area contributed by atoms with Crippen molar-refractivity contribution in [2.45, 2.75) is 44.4 Å². The zero-order valence-corrected chi connectivity index (χ0v) is 11.3. The van der Waals surface area contributed by atoms with Gasteiger partial charge in [0, 0.05) is 17.0 Å². The topological polar surface area (TPSA) is 33.1 Å². The van der Waals surface area contributed by atoms with Gasteiger partial charge in [0.1, 0.15) is 5.75 Å². The third-order valence-electron chi connectivity index (χ3n) is 4.94. The Morgan fingerprint density at radius 3 is 2.89 bits per heavy atom. The number of methoxy groups -OCH3 is 1. The predicted molar refractivity (Wildman–Crippen MR) is 73.7 cm³/mol. The minimum Gasteiger partial charge on any atom is -0.497 e. The van der Waals surface area contributed by atoms with Crippen molar-refractivity contribution < 1.29 is 4.74 Å². The maximum atomic E-state index is 8.07. The van der Waals surface area contributed by atoms with Crippen molar-refractivity contribution in [1.82, 2.24) is 0 Å². The zero-order valence-electron chi connectivity index (χ0n) is 11.3. The number of rotatable bonds is 2. The standard InChI is InChI=1S/C16H21NO/c1-11-6-7-12(18-2)9-14(11)16-8-4-3-5-13(16)15(17)10-16/h6-7,9,13,17H,3-5,8,10H2,1-2H3/t13-,16+/m1/s1. The van der Waals surface area contributed by atoms with Gasteiger partial charge in [0.25, 0.3) is 0 Å². The molecule has 2 aliphatic carbocycles. The molecule has 0 saturated heterocycles. The molecule has 2 fully saturated rings. The van der Waals surface area contributed by atoms with E-state index in [4.69, 9.17) is 10.1 Å². The Bertz CT molecular complexity index is 494. The van der Waals surface area contributed by atoms with Crippen molar-refractivity contribution in [3.05, 3.63) is 29.3 Å². The second-order valence-corrected chi connectivity index (χ2v) is 5.84. The molecule has 2 aliphatic rings. The molecule has 0 radical (unpaired) electrons. The van der Waals surface area contributed by atoms with Crippen LogP contribution in [0.1, 0.15) is 43.2 Å². The summed E-state index contributed by atoms with van der Waals surface area (Å²) in [6.07, 6.45) is 6.01. The van der Waals surface area contributed by atoms with Gasteiger partial charge in [-0.2, -0.15) is 0 Å². The number of nitrogens with one attached hydrogen (secondary N) is 1. The van der Waals surface area contributed by atoms with E-state index < -0.39 is 0 Å². The Morgan fingerprint density at radius 2 is 2.17 bits per heavy atom. The molecule has 1 aromatic rings. The third kappa shape index (κ3) is 1.51.